The van der Waals surface area contributed by atoms with Crippen LogP contribution in [-0.2, 0) is 4.79 Å². The van der Waals surface area contributed by atoms with Gasteiger partial charge in [0.25, 0.3) is 5.91 Å². The average molecular weight is 369 g/mol. The van der Waals surface area contributed by atoms with E-state index in [4.69, 9.17) is 0 Å². The van der Waals surface area contributed by atoms with Crippen molar-refractivity contribution >= 4 is 11.8 Å². The highest BCUT2D eigenvalue weighted by atomic mass is 16.2. The molecule has 0 spiro atoms. The lowest BCUT2D eigenvalue weighted by molar-refractivity contribution is -0.142. The summed E-state index contributed by atoms with van der Waals surface area (Å²) in [7, 11) is 0. The molecule has 2 heterocycles. The van der Waals surface area contributed by atoms with E-state index >= 15 is 0 Å². The van der Waals surface area contributed by atoms with E-state index in [0.717, 1.165) is 68.2 Å². The van der Waals surface area contributed by atoms with E-state index in [1.54, 1.807) is 0 Å². The van der Waals surface area contributed by atoms with Gasteiger partial charge >= 0.3 is 0 Å². The molecular formula is C23H32N2O2. The van der Waals surface area contributed by atoms with Gasteiger partial charge in [-0.2, -0.15) is 0 Å². The van der Waals surface area contributed by atoms with Crippen LogP contribution in [0.4, 0.5) is 0 Å². The number of piperidine rings is 1. The predicted octanol–water partition coefficient (Wildman–Crippen LogP) is 3.99. The molecule has 2 aliphatic heterocycles. The lowest BCUT2D eigenvalue weighted by Gasteiger charge is -2.41. The lowest BCUT2D eigenvalue weighted by Crippen LogP contribution is -2.50. The van der Waals surface area contributed by atoms with Crippen LogP contribution in [0.15, 0.2) is 18.2 Å². The summed E-state index contributed by atoms with van der Waals surface area (Å²) in [5.74, 6) is 0.950. The highest BCUT2D eigenvalue weighted by Gasteiger charge is 2.54. The van der Waals surface area contributed by atoms with Crippen molar-refractivity contribution in [2.45, 2.75) is 77.8 Å². The molecule has 146 valence electrons. The number of benzene rings is 1. The van der Waals surface area contributed by atoms with Crippen molar-refractivity contribution in [1.29, 1.82) is 0 Å². The van der Waals surface area contributed by atoms with Gasteiger partial charge in [0.2, 0.25) is 5.91 Å². The number of rotatable bonds is 5. The van der Waals surface area contributed by atoms with Crippen LogP contribution in [0.25, 0.3) is 0 Å². The van der Waals surface area contributed by atoms with Crippen LogP contribution in [0.1, 0.15) is 73.4 Å². The normalized spacial score (nSPS) is 28.1. The smallest absolute Gasteiger partial charge is 0.251 e. The standard InChI is InChI=1S/C23H32N2O2/c1-4-23(10-11-23)22(27)25-18-8-9-19(25)13-17(12-18)14-24-21(26)20-15(2)6-5-7-16(20)3/h5-7,17-19H,4,8-14H2,1-3H3,(H,24,26)/t17?,18-,19+. The molecule has 1 aromatic carbocycles. The molecule has 4 rings (SSSR count). The van der Waals surface area contributed by atoms with Gasteiger partial charge in [-0.25, -0.2) is 0 Å². The van der Waals surface area contributed by atoms with Crippen LogP contribution in [0, 0.1) is 25.2 Å². The summed E-state index contributed by atoms with van der Waals surface area (Å²) in [6.45, 7) is 6.87. The van der Waals surface area contributed by atoms with Gasteiger partial charge in [-0.05, 0) is 75.8 Å². The van der Waals surface area contributed by atoms with E-state index in [-0.39, 0.29) is 11.3 Å². The van der Waals surface area contributed by atoms with Gasteiger partial charge in [-0.1, -0.05) is 25.1 Å². The van der Waals surface area contributed by atoms with Gasteiger partial charge in [0.05, 0.1) is 0 Å². The molecule has 27 heavy (non-hydrogen) atoms. The third-order valence-corrected chi connectivity index (χ3v) is 7.31. The number of aryl methyl sites for hydroxylation is 2. The molecule has 1 aliphatic carbocycles. The molecule has 3 fully saturated rings. The molecule has 2 saturated heterocycles. The molecule has 3 atom stereocenters. The van der Waals surface area contributed by atoms with Crippen LogP contribution in [0.3, 0.4) is 0 Å². The summed E-state index contributed by atoms with van der Waals surface area (Å²) >= 11 is 0. The zero-order chi connectivity index (χ0) is 19.2. The third-order valence-electron chi connectivity index (χ3n) is 7.31. The van der Waals surface area contributed by atoms with Gasteiger partial charge in [0.15, 0.2) is 0 Å². The maximum absolute atomic E-state index is 13.1. The van der Waals surface area contributed by atoms with Gasteiger partial charge in [0.1, 0.15) is 0 Å². The first-order chi connectivity index (χ1) is 12.9. The molecule has 1 N–H and O–H groups in total. The van der Waals surface area contributed by atoms with Crippen molar-refractivity contribution in [3.05, 3.63) is 34.9 Å². The lowest BCUT2D eigenvalue weighted by atomic mass is 9.88. The van der Waals surface area contributed by atoms with Gasteiger partial charge < -0.3 is 10.2 Å². The summed E-state index contributed by atoms with van der Waals surface area (Å²) < 4.78 is 0. The average Bonchev–Trinajstić information content (AvgIpc) is 3.40. The van der Waals surface area contributed by atoms with Gasteiger partial charge in [-0.3, -0.25) is 9.59 Å². The molecule has 0 aromatic heterocycles. The van der Waals surface area contributed by atoms with E-state index < -0.39 is 0 Å². The van der Waals surface area contributed by atoms with Crippen LogP contribution in [-0.4, -0.2) is 35.3 Å². The zero-order valence-electron chi connectivity index (χ0n) is 16.9. The van der Waals surface area contributed by atoms with Crippen molar-refractivity contribution in [3.8, 4) is 0 Å². The first-order valence-electron chi connectivity index (χ1n) is 10.6. The second-order valence-electron chi connectivity index (χ2n) is 9.05. The van der Waals surface area contributed by atoms with Crippen LogP contribution in [0.5, 0.6) is 0 Å². The largest absolute Gasteiger partial charge is 0.352 e. The highest BCUT2D eigenvalue weighted by Crippen LogP contribution is 2.53. The molecule has 1 unspecified atom stereocenters. The first kappa shape index (κ1) is 18.5. The Morgan fingerprint density at radius 2 is 1.70 bits per heavy atom. The topological polar surface area (TPSA) is 49.4 Å². The van der Waals surface area contributed by atoms with Gasteiger partial charge in [0, 0.05) is 29.6 Å². The Kier molecular flexibility index (Phi) is 4.77. The molecule has 2 bridgehead atoms. The van der Waals surface area contributed by atoms with E-state index in [9.17, 15) is 9.59 Å². The second kappa shape index (κ2) is 6.96. The molecular weight excluding hydrogens is 336 g/mol. The Morgan fingerprint density at radius 1 is 1.11 bits per heavy atom. The SMILES string of the molecule is CCC1(C(=O)N2[C@@H]3CC[C@H]2CC(CNC(=O)c2c(C)cccc2C)C3)CC1. The number of nitrogens with one attached hydrogen (secondary N) is 1. The minimum atomic E-state index is -0.0236. The fourth-order valence-electron chi connectivity index (χ4n) is 5.43. The van der Waals surface area contributed by atoms with Crippen LogP contribution in [0.2, 0.25) is 0 Å². The zero-order valence-corrected chi connectivity index (χ0v) is 16.9. The molecule has 1 aromatic rings. The minimum absolute atomic E-state index is 0.0236. The Bertz CT molecular complexity index is 718. The fourth-order valence-corrected chi connectivity index (χ4v) is 5.43. The van der Waals surface area contributed by atoms with Crippen molar-refractivity contribution in [1.82, 2.24) is 10.2 Å². The van der Waals surface area contributed by atoms with Crippen molar-refractivity contribution < 1.29 is 9.59 Å². The molecule has 3 aliphatic rings. The fraction of sp³-hybridized carbons (Fsp3) is 0.652. The predicted molar refractivity (Wildman–Crippen MR) is 107 cm³/mol. The van der Waals surface area contributed by atoms with E-state index in [1.165, 1.54) is 0 Å². The quantitative estimate of drug-likeness (QED) is 0.854. The number of hydrogen-bond acceptors (Lipinski definition) is 2. The monoisotopic (exact) mass is 368 g/mol. The van der Waals surface area contributed by atoms with Crippen LogP contribution >= 0.6 is 0 Å². The summed E-state index contributed by atoms with van der Waals surface area (Å²) in [6, 6.07) is 6.76. The van der Waals surface area contributed by atoms with E-state index in [2.05, 4.69) is 17.1 Å². The van der Waals surface area contributed by atoms with E-state index in [1.807, 2.05) is 32.0 Å². The molecule has 0 radical (unpaired) electrons. The third kappa shape index (κ3) is 3.28. The van der Waals surface area contributed by atoms with Crippen molar-refractivity contribution in [3.63, 3.8) is 0 Å². The Labute approximate surface area is 162 Å². The molecule has 2 amide bonds. The molecule has 4 heteroatoms. The Morgan fingerprint density at radius 3 is 2.22 bits per heavy atom. The number of amides is 2. The summed E-state index contributed by atoms with van der Waals surface area (Å²) in [6.07, 6.45) is 7.48. The summed E-state index contributed by atoms with van der Waals surface area (Å²) in [5, 5.41) is 3.17. The number of carbonyl (C=O) groups excluding carboxylic acids is 2. The number of fused-ring (bicyclic) bond motifs is 2. The van der Waals surface area contributed by atoms with E-state index in [0.29, 0.717) is 23.9 Å². The maximum atomic E-state index is 13.1. The Hall–Kier alpha value is -1.84. The first-order valence-corrected chi connectivity index (χ1v) is 10.6. The molecule has 4 nitrogen and oxygen atoms in total. The second-order valence-corrected chi connectivity index (χ2v) is 9.05. The maximum Gasteiger partial charge on any atom is 0.251 e. The molecule has 1 saturated carbocycles. The van der Waals surface area contributed by atoms with Crippen molar-refractivity contribution in [2.75, 3.05) is 6.54 Å². The van der Waals surface area contributed by atoms with Crippen molar-refractivity contribution in [2.24, 2.45) is 11.3 Å². The number of carbonyl (C=O) groups is 2. The summed E-state index contributed by atoms with van der Waals surface area (Å²) in [5.41, 5.74) is 2.85. The summed E-state index contributed by atoms with van der Waals surface area (Å²) in [4.78, 5) is 28.0. The number of nitrogens with zero attached hydrogens (tertiary/aromatic N) is 1. The minimum Gasteiger partial charge on any atom is -0.352 e. The Balaban J connectivity index is 1.37. The highest BCUT2D eigenvalue weighted by molar-refractivity contribution is 5.97. The van der Waals surface area contributed by atoms with Gasteiger partial charge in [-0.15, -0.1) is 0 Å². The number of hydrogen-bond donors (Lipinski definition) is 1. The van der Waals surface area contributed by atoms with Crippen LogP contribution < -0.4 is 5.32 Å².